The normalized spacial score (nSPS) is 27.3. The summed E-state index contributed by atoms with van der Waals surface area (Å²) in [5.74, 6) is 0.602. The van der Waals surface area contributed by atoms with Crippen LogP contribution in [0.4, 0.5) is 0 Å². The first kappa shape index (κ1) is 20.7. The van der Waals surface area contributed by atoms with Crippen LogP contribution in [0.25, 0.3) is 0 Å². The van der Waals surface area contributed by atoms with Crippen molar-refractivity contribution in [1.82, 2.24) is 23.5 Å². The van der Waals surface area contributed by atoms with Crippen LogP contribution in [0.1, 0.15) is 31.5 Å². The molecule has 0 radical (unpaired) electrons. The number of nitrogens with zero attached hydrogens (tertiary/aromatic N) is 4. The van der Waals surface area contributed by atoms with Crippen molar-refractivity contribution < 1.29 is 22.7 Å². The Morgan fingerprint density at radius 3 is 2.79 bits per heavy atom. The zero-order valence-electron chi connectivity index (χ0n) is 16.9. The Labute approximate surface area is 171 Å². The molecule has 10 nitrogen and oxygen atoms in total. The van der Waals surface area contributed by atoms with Gasteiger partial charge in [0.15, 0.2) is 6.10 Å². The molecule has 11 heteroatoms. The zero-order valence-corrected chi connectivity index (χ0v) is 17.7. The fraction of sp³-hybridized carbons (Fsp3) is 0.778. The van der Waals surface area contributed by atoms with Gasteiger partial charge in [-0.15, -0.1) is 0 Å². The van der Waals surface area contributed by atoms with Crippen LogP contribution in [-0.2, 0) is 36.6 Å². The average Bonchev–Trinajstić information content (AvgIpc) is 3.38. The van der Waals surface area contributed by atoms with Gasteiger partial charge in [-0.2, -0.15) is 17.0 Å². The van der Waals surface area contributed by atoms with E-state index in [-0.39, 0.29) is 12.0 Å². The van der Waals surface area contributed by atoms with Crippen LogP contribution in [0.5, 0.6) is 0 Å². The summed E-state index contributed by atoms with van der Waals surface area (Å²) in [4.78, 5) is 17.3. The fourth-order valence-electron chi connectivity index (χ4n) is 4.32. The summed E-state index contributed by atoms with van der Waals surface area (Å²) in [7, 11) is -0.425. The molecule has 4 heterocycles. The molecule has 0 aromatic carbocycles. The highest BCUT2D eigenvalue weighted by Crippen LogP contribution is 2.40. The van der Waals surface area contributed by atoms with Gasteiger partial charge in [0, 0.05) is 52.7 Å². The Balaban J connectivity index is 1.47. The second kappa shape index (κ2) is 7.95. The molecule has 0 unspecified atom stereocenters. The number of aromatic nitrogens is 2. The highest BCUT2D eigenvalue weighted by Gasteiger charge is 2.48. The molecule has 2 saturated heterocycles. The summed E-state index contributed by atoms with van der Waals surface area (Å²) in [6.45, 7) is 2.26. The highest BCUT2D eigenvalue weighted by molar-refractivity contribution is 7.86. The van der Waals surface area contributed by atoms with E-state index in [0.717, 1.165) is 25.3 Å². The number of fused-ring (bicyclic) bond motifs is 2. The molecular formula is C18H29N5O5S. The van der Waals surface area contributed by atoms with Gasteiger partial charge in [-0.25, -0.2) is 4.98 Å². The minimum Gasteiger partial charge on any atom is -0.376 e. The zero-order chi connectivity index (χ0) is 20.6. The summed E-state index contributed by atoms with van der Waals surface area (Å²) in [5.41, 5.74) is -0.758. The van der Waals surface area contributed by atoms with Crippen LogP contribution >= 0.6 is 0 Å². The Bertz CT molecular complexity index is 841. The van der Waals surface area contributed by atoms with Crippen LogP contribution in [-0.4, -0.2) is 85.0 Å². The topological polar surface area (TPSA) is 106 Å². The lowest BCUT2D eigenvalue weighted by molar-refractivity contribution is -0.171. The van der Waals surface area contributed by atoms with E-state index in [4.69, 9.17) is 9.47 Å². The summed E-state index contributed by atoms with van der Waals surface area (Å²) < 4.78 is 41.4. The van der Waals surface area contributed by atoms with E-state index < -0.39 is 21.9 Å². The lowest BCUT2D eigenvalue weighted by atomic mass is 9.89. The van der Waals surface area contributed by atoms with Crippen molar-refractivity contribution in [3.05, 3.63) is 18.2 Å². The number of nitrogens with one attached hydrogen (secondary N) is 1. The molecule has 2 fully saturated rings. The first-order valence-electron chi connectivity index (χ1n) is 10.1. The molecule has 1 N–H and O–H groups in total. The molecule has 4 rings (SSSR count). The highest BCUT2D eigenvalue weighted by atomic mass is 32.2. The maximum Gasteiger partial charge on any atom is 0.281 e. The number of rotatable bonds is 5. The Morgan fingerprint density at radius 2 is 2.14 bits per heavy atom. The quantitative estimate of drug-likeness (QED) is 0.690. The van der Waals surface area contributed by atoms with Gasteiger partial charge < -0.3 is 19.4 Å². The van der Waals surface area contributed by atoms with Gasteiger partial charge in [0.1, 0.15) is 11.4 Å². The molecule has 1 aromatic heterocycles. The first-order chi connectivity index (χ1) is 13.8. The lowest BCUT2D eigenvalue weighted by Gasteiger charge is -2.45. The Kier molecular flexibility index (Phi) is 5.68. The van der Waals surface area contributed by atoms with E-state index in [1.54, 1.807) is 6.20 Å². The summed E-state index contributed by atoms with van der Waals surface area (Å²) >= 11 is 0. The van der Waals surface area contributed by atoms with Crippen molar-refractivity contribution in [2.75, 3.05) is 40.3 Å². The standard InChI is InChI=1S/C18H29N5O5S/c1-21(2)29(25,26)23-8-5-18(6-9-23)17-19-7-10-22(17)13-15(28-18)16(24)20-12-14-4-3-11-27-14/h7,10,14-15H,3-6,8-9,11-13H2,1-2H3,(H,20,24)/t14-,15-/m0/s1. The van der Waals surface area contributed by atoms with Crippen molar-refractivity contribution in [3.63, 3.8) is 0 Å². The predicted molar refractivity (Wildman–Crippen MR) is 104 cm³/mol. The molecule has 1 spiro atoms. The lowest BCUT2D eigenvalue weighted by Crippen LogP contribution is -2.56. The number of hydrogen-bond acceptors (Lipinski definition) is 6. The van der Waals surface area contributed by atoms with Gasteiger partial charge >= 0.3 is 0 Å². The van der Waals surface area contributed by atoms with Gasteiger partial charge in [0.25, 0.3) is 16.1 Å². The number of carbonyl (C=O) groups is 1. The molecule has 2 atom stereocenters. The molecule has 162 valence electrons. The molecular weight excluding hydrogens is 398 g/mol. The van der Waals surface area contributed by atoms with Crippen molar-refractivity contribution in [1.29, 1.82) is 0 Å². The number of ether oxygens (including phenoxy) is 2. The van der Waals surface area contributed by atoms with Gasteiger partial charge in [-0.3, -0.25) is 4.79 Å². The average molecular weight is 428 g/mol. The molecule has 3 aliphatic heterocycles. The van der Waals surface area contributed by atoms with Crippen molar-refractivity contribution >= 4 is 16.1 Å². The fourth-order valence-corrected chi connectivity index (χ4v) is 5.42. The summed E-state index contributed by atoms with van der Waals surface area (Å²) in [5, 5.41) is 2.95. The van der Waals surface area contributed by atoms with Crippen molar-refractivity contribution in [3.8, 4) is 0 Å². The van der Waals surface area contributed by atoms with E-state index in [9.17, 15) is 13.2 Å². The SMILES string of the molecule is CN(C)S(=O)(=O)N1CCC2(CC1)O[C@H](C(=O)NC[C@@H]1CCCO1)Cn1ccnc12. The first-order valence-corrected chi connectivity index (χ1v) is 11.5. The smallest absolute Gasteiger partial charge is 0.281 e. The third-order valence-corrected chi connectivity index (χ3v) is 7.93. The molecule has 29 heavy (non-hydrogen) atoms. The van der Waals surface area contributed by atoms with Gasteiger partial charge in [-0.1, -0.05) is 0 Å². The molecule has 0 aliphatic carbocycles. The van der Waals surface area contributed by atoms with Gasteiger partial charge in [0.05, 0.1) is 12.6 Å². The Hall–Kier alpha value is -1.53. The van der Waals surface area contributed by atoms with Crippen LogP contribution in [0.3, 0.4) is 0 Å². The molecule has 0 bridgehead atoms. The number of hydrogen-bond donors (Lipinski definition) is 1. The van der Waals surface area contributed by atoms with E-state index in [1.165, 1.54) is 22.7 Å². The number of imidazole rings is 1. The van der Waals surface area contributed by atoms with E-state index >= 15 is 0 Å². The van der Waals surface area contributed by atoms with E-state index in [0.29, 0.717) is 39.0 Å². The molecule has 3 aliphatic rings. The number of piperidine rings is 1. The second-order valence-electron chi connectivity index (χ2n) is 8.07. The van der Waals surface area contributed by atoms with Gasteiger partial charge in [-0.05, 0) is 25.7 Å². The third kappa shape index (κ3) is 3.93. The van der Waals surface area contributed by atoms with Gasteiger partial charge in [0.2, 0.25) is 0 Å². The van der Waals surface area contributed by atoms with Crippen molar-refractivity contribution in [2.24, 2.45) is 0 Å². The largest absolute Gasteiger partial charge is 0.376 e. The van der Waals surface area contributed by atoms with Crippen LogP contribution < -0.4 is 5.32 Å². The minimum absolute atomic E-state index is 0.0692. The maximum atomic E-state index is 12.8. The van der Waals surface area contributed by atoms with E-state index in [1.807, 2.05) is 10.8 Å². The maximum absolute atomic E-state index is 12.8. The van der Waals surface area contributed by atoms with Crippen molar-refractivity contribution in [2.45, 2.75) is 50.0 Å². The minimum atomic E-state index is -3.48. The molecule has 0 saturated carbocycles. The monoisotopic (exact) mass is 427 g/mol. The Morgan fingerprint density at radius 1 is 1.38 bits per heavy atom. The number of carbonyl (C=O) groups excluding carboxylic acids is 1. The third-order valence-electron chi connectivity index (χ3n) is 5.99. The summed E-state index contributed by atoms with van der Waals surface area (Å²) in [6.07, 6.45) is 5.86. The predicted octanol–water partition coefficient (Wildman–Crippen LogP) is -0.325. The second-order valence-corrected chi connectivity index (χ2v) is 10.2. The molecule has 1 aromatic rings. The number of amides is 1. The molecule has 1 amide bonds. The van der Waals surface area contributed by atoms with Crippen LogP contribution in [0.2, 0.25) is 0 Å². The van der Waals surface area contributed by atoms with Crippen LogP contribution in [0, 0.1) is 0 Å². The van der Waals surface area contributed by atoms with E-state index in [2.05, 4.69) is 10.3 Å². The van der Waals surface area contributed by atoms with Crippen LogP contribution in [0.15, 0.2) is 12.4 Å². The summed E-state index contributed by atoms with van der Waals surface area (Å²) in [6, 6.07) is 0.